The minimum absolute atomic E-state index is 0.147. The lowest BCUT2D eigenvalue weighted by atomic mass is 10.0. The van der Waals surface area contributed by atoms with E-state index in [9.17, 15) is 10.2 Å². The van der Waals surface area contributed by atoms with Gasteiger partial charge in [0.25, 0.3) is 0 Å². The van der Waals surface area contributed by atoms with Crippen LogP contribution in [-0.2, 0) is 0 Å². The zero-order valence-corrected chi connectivity index (χ0v) is 14.6. The highest BCUT2D eigenvalue weighted by atomic mass is 16.5. The van der Waals surface area contributed by atoms with Gasteiger partial charge in [0.15, 0.2) is 11.5 Å². The lowest BCUT2D eigenvalue weighted by Crippen LogP contribution is -2.46. The molecule has 0 radical (unpaired) electrons. The van der Waals surface area contributed by atoms with Crippen LogP contribution in [0.5, 0.6) is 11.5 Å². The average Bonchev–Trinajstić information content (AvgIpc) is 2.61. The van der Waals surface area contributed by atoms with E-state index in [1.807, 2.05) is 37.3 Å². The van der Waals surface area contributed by atoms with Crippen molar-refractivity contribution in [1.29, 1.82) is 0 Å². The first-order valence-electron chi connectivity index (χ1n) is 8.64. The molecule has 2 rings (SSSR count). The molecular weight excluding hydrogens is 306 g/mol. The van der Waals surface area contributed by atoms with Crippen LogP contribution in [0.3, 0.4) is 0 Å². The van der Waals surface area contributed by atoms with Crippen LogP contribution in [-0.4, -0.2) is 60.7 Å². The highest BCUT2D eigenvalue weighted by molar-refractivity contribution is 5.55. The Morgan fingerprint density at radius 3 is 2.88 bits per heavy atom. The second kappa shape index (κ2) is 9.67. The van der Waals surface area contributed by atoms with Crippen molar-refractivity contribution in [2.24, 2.45) is 0 Å². The van der Waals surface area contributed by atoms with E-state index < -0.39 is 6.10 Å². The molecule has 1 aliphatic rings. The van der Waals surface area contributed by atoms with Gasteiger partial charge < -0.3 is 19.7 Å². The molecule has 1 fully saturated rings. The minimum Gasteiger partial charge on any atom is -0.493 e. The molecule has 0 bridgehead atoms. The number of hydrogen-bond acceptors (Lipinski definition) is 5. The third-order valence-corrected chi connectivity index (χ3v) is 4.38. The van der Waals surface area contributed by atoms with Gasteiger partial charge in [0.05, 0.1) is 13.7 Å². The molecule has 1 heterocycles. The number of nitrogens with zero attached hydrogens (tertiary/aromatic N) is 1. The monoisotopic (exact) mass is 335 g/mol. The van der Waals surface area contributed by atoms with E-state index in [0.717, 1.165) is 31.4 Å². The molecule has 5 nitrogen and oxygen atoms in total. The number of rotatable bonds is 8. The van der Waals surface area contributed by atoms with Crippen LogP contribution in [0.1, 0.15) is 31.7 Å². The Morgan fingerprint density at radius 1 is 1.33 bits per heavy atom. The smallest absolute Gasteiger partial charge is 0.161 e. The van der Waals surface area contributed by atoms with Crippen LogP contribution < -0.4 is 9.47 Å². The van der Waals surface area contributed by atoms with Crippen LogP contribution in [0, 0.1) is 0 Å². The number of allylic oxidation sites excluding steroid dienone is 1. The van der Waals surface area contributed by atoms with Crippen molar-refractivity contribution in [1.82, 2.24) is 4.90 Å². The lowest BCUT2D eigenvalue weighted by Gasteiger charge is -2.35. The summed E-state index contributed by atoms with van der Waals surface area (Å²) in [6.45, 7) is 3.75. The highest BCUT2D eigenvalue weighted by Gasteiger charge is 2.24. The maximum atomic E-state index is 10.3. The van der Waals surface area contributed by atoms with E-state index >= 15 is 0 Å². The number of methoxy groups -OCH3 is 1. The molecule has 0 saturated carbocycles. The Balaban J connectivity index is 1.90. The first kappa shape index (κ1) is 18.8. The van der Waals surface area contributed by atoms with Crippen molar-refractivity contribution >= 4 is 6.08 Å². The molecule has 2 N–H and O–H groups in total. The van der Waals surface area contributed by atoms with Crippen LogP contribution in [0.25, 0.3) is 6.08 Å². The lowest BCUT2D eigenvalue weighted by molar-refractivity contribution is 0.0228. The molecule has 0 amide bonds. The first-order valence-corrected chi connectivity index (χ1v) is 8.64. The fourth-order valence-electron chi connectivity index (χ4n) is 3.12. The summed E-state index contributed by atoms with van der Waals surface area (Å²) in [7, 11) is 1.61. The number of hydrogen-bond donors (Lipinski definition) is 2. The van der Waals surface area contributed by atoms with Crippen molar-refractivity contribution in [2.75, 3.05) is 33.4 Å². The van der Waals surface area contributed by atoms with Gasteiger partial charge in [-0.15, -0.1) is 0 Å². The van der Waals surface area contributed by atoms with Gasteiger partial charge in [-0.3, -0.25) is 4.90 Å². The summed E-state index contributed by atoms with van der Waals surface area (Å²) < 4.78 is 11.1. The van der Waals surface area contributed by atoms with Gasteiger partial charge in [0, 0.05) is 12.6 Å². The van der Waals surface area contributed by atoms with Crippen LogP contribution >= 0.6 is 0 Å². The Hall–Kier alpha value is -1.56. The Bertz CT molecular complexity index is 532. The zero-order chi connectivity index (χ0) is 17.4. The highest BCUT2D eigenvalue weighted by Crippen LogP contribution is 2.28. The van der Waals surface area contributed by atoms with Gasteiger partial charge in [-0.2, -0.15) is 0 Å². The number of aliphatic hydroxyl groups excluding tert-OH is 2. The molecule has 24 heavy (non-hydrogen) atoms. The van der Waals surface area contributed by atoms with Gasteiger partial charge in [-0.1, -0.05) is 24.6 Å². The van der Waals surface area contributed by atoms with E-state index in [4.69, 9.17) is 9.47 Å². The van der Waals surface area contributed by atoms with Gasteiger partial charge >= 0.3 is 0 Å². The third-order valence-electron chi connectivity index (χ3n) is 4.38. The number of benzene rings is 1. The third kappa shape index (κ3) is 5.23. The van der Waals surface area contributed by atoms with E-state index in [1.54, 1.807) is 7.11 Å². The van der Waals surface area contributed by atoms with Gasteiger partial charge in [0.2, 0.25) is 0 Å². The van der Waals surface area contributed by atoms with Gasteiger partial charge in [-0.25, -0.2) is 0 Å². The Labute approximate surface area is 144 Å². The van der Waals surface area contributed by atoms with E-state index in [1.165, 1.54) is 0 Å². The Kier molecular flexibility index (Phi) is 7.56. The van der Waals surface area contributed by atoms with E-state index in [0.29, 0.717) is 18.0 Å². The second-order valence-electron chi connectivity index (χ2n) is 6.20. The Morgan fingerprint density at radius 2 is 2.17 bits per heavy atom. The summed E-state index contributed by atoms with van der Waals surface area (Å²) in [6, 6.07) is 5.88. The number of β-amino-alcohol motifs (C(OH)–C–C–N with tert-alkyl or cyclic N) is 1. The SMILES string of the molecule is C/C=C/c1ccc(OC[C@@H](O)CN2CCCC[C@@H]2CO)c(OC)c1. The molecule has 0 spiro atoms. The van der Waals surface area contributed by atoms with Crippen LogP contribution in [0.15, 0.2) is 24.3 Å². The zero-order valence-electron chi connectivity index (χ0n) is 14.6. The van der Waals surface area contributed by atoms with Gasteiger partial charge in [-0.05, 0) is 44.0 Å². The van der Waals surface area contributed by atoms with Crippen molar-refractivity contribution < 1.29 is 19.7 Å². The fraction of sp³-hybridized carbons (Fsp3) is 0.579. The summed E-state index contributed by atoms with van der Waals surface area (Å²) >= 11 is 0. The van der Waals surface area contributed by atoms with Crippen molar-refractivity contribution in [3.8, 4) is 11.5 Å². The standard InChI is InChI=1S/C19H29NO4/c1-3-6-15-8-9-18(19(11-15)23-2)24-14-17(22)12-20-10-5-4-7-16(20)13-21/h3,6,8-9,11,16-17,21-22H,4-5,7,10,12-14H2,1-2H3/b6-3+/t16-,17+/m1/s1. The summed E-state index contributed by atoms with van der Waals surface area (Å²) in [5, 5.41) is 19.7. The molecule has 0 aliphatic carbocycles. The normalized spacial score (nSPS) is 20.2. The molecule has 1 aromatic carbocycles. The molecule has 1 aromatic rings. The molecule has 134 valence electrons. The quantitative estimate of drug-likeness (QED) is 0.763. The second-order valence-corrected chi connectivity index (χ2v) is 6.20. The maximum absolute atomic E-state index is 10.3. The van der Waals surface area contributed by atoms with Crippen LogP contribution in [0.4, 0.5) is 0 Å². The first-order chi connectivity index (χ1) is 11.7. The largest absolute Gasteiger partial charge is 0.493 e. The molecule has 0 aromatic heterocycles. The molecule has 1 aliphatic heterocycles. The van der Waals surface area contributed by atoms with Gasteiger partial charge in [0.1, 0.15) is 12.7 Å². The minimum atomic E-state index is -0.600. The van der Waals surface area contributed by atoms with Crippen molar-refractivity contribution in [3.63, 3.8) is 0 Å². The number of ether oxygens (including phenoxy) is 2. The number of piperidine rings is 1. The maximum Gasteiger partial charge on any atom is 0.161 e. The number of likely N-dealkylation sites (tertiary alicyclic amines) is 1. The molecule has 2 atom stereocenters. The van der Waals surface area contributed by atoms with Crippen molar-refractivity contribution in [3.05, 3.63) is 29.8 Å². The number of aliphatic hydroxyl groups is 2. The van der Waals surface area contributed by atoms with E-state index in [2.05, 4.69) is 4.90 Å². The fourth-order valence-corrected chi connectivity index (χ4v) is 3.12. The van der Waals surface area contributed by atoms with E-state index in [-0.39, 0.29) is 19.3 Å². The summed E-state index contributed by atoms with van der Waals surface area (Å²) in [4.78, 5) is 2.16. The summed E-state index contributed by atoms with van der Waals surface area (Å²) in [5.74, 6) is 1.28. The summed E-state index contributed by atoms with van der Waals surface area (Å²) in [6.07, 6.45) is 6.61. The molecular formula is C19H29NO4. The topological polar surface area (TPSA) is 62.2 Å². The molecule has 5 heteroatoms. The average molecular weight is 335 g/mol. The molecule has 0 unspecified atom stereocenters. The summed E-state index contributed by atoms with van der Waals surface area (Å²) in [5.41, 5.74) is 1.04. The predicted molar refractivity (Wildman–Crippen MR) is 95.5 cm³/mol. The van der Waals surface area contributed by atoms with Crippen molar-refractivity contribution in [2.45, 2.75) is 38.3 Å². The van der Waals surface area contributed by atoms with Crippen LogP contribution in [0.2, 0.25) is 0 Å². The predicted octanol–water partition coefficient (Wildman–Crippen LogP) is 2.31. The molecule has 1 saturated heterocycles.